The highest BCUT2D eigenvalue weighted by molar-refractivity contribution is 7.89. The van der Waals surface area contributed by atoms with Crippen molar-refractivity contribution in [3.8, 4) is 5.75 Å². The average molecular weight is 247 g/mol. The van der Waals surface area contributed by atoms with Gasteiger partial charge in [-0.25, -0.2) is 17.1 Å². The maximum atomic E-state index is 13.5. The van der Waals surface area contributed by atoms with E-state index in [1.807, 2.05) is 0 Å². The summed E-state index contributed by atoms with van der Waals surface area (Å²) in [5.74, 6) is -0.489. The lowest BCUT2D eigenvalue weighted by Gasteiger charge is -2.12. The molecule has 0 amide bonds. The Labute approximate surface area is 94.7 Å². The van der Waals surface area contributed by atoms with Gasteiger partial charge in [-0.2, -0.15) is 0 Å². The van der Waals surface area contributed by atoms with E-state index >= 15 is 0 Å². The van der Waals surface area contributed by atoms with Crippen molar-refractivity contribution in [2.24, 2.45) is 0 Å². The number of ether oxygens (including phenoxy) is 1. The Hall–Kier alpha value is -1.14. The topological polar surface area (TPSA) is 46.6 Å². The number of hydrogen-bond donors (Lipinski definition) is 0. The minimum absolute atomic E-state index is 0.317. The molecule has 0 aromatic heterocycles. The fourth-order valence-corrected chi connectivity index (χ4v) is 2.08. The van der Waals surface area contributed by atoms with E-state index in [-0.39, 0.29) is 4.90 Å². The van der Waals surface area contributed by atoms with Gasteiger partial charge in [0.05, 0.1) is 6.61 Å². The lowest BCUT2D eigenvalue weighted by atomic mass is 10.3. The molecule has 0 aliphatic carbocycles. The van der Waals surface area contributed by atoms with Gasteiger partial charge in [0.25, 0.3) is 0 Å². The first-order chi connectivity index (χ1) is 7.39. The van der Waals surface area contributed by atoms with E-state index in [0.29, 0.717) is 12.4 Å². The van der Waals surface area contributed by atoms with Crippen LogP contribution in [0.1, 0.15) is 6.92 Å². The largest absolute Gasteiger partial charge is 0.494 e. The van der Waals surface area contributed by atoms with Crippen LogP contribution in [0.5, 0.6) is 5.75 Å². The molecule has 0 saturated carbocycles. The highest BCUT2D eigenvalue weighted by Gasteiger charge is 2.21. The Morgan fingerprint density at radius 1 is 1.38 bits per heavy atom. The highest BCUT2D eigenvalue weighted by atomic mass is 32.2. The lowest BCUT2D eigenvalue weighted by Crippen LogP contribution is -2.23. The molecule has 0 saturated heterocycles. The minimum Gasteiger partial charge on any atom is -0.494 e. The van der Waals surface area contributed by atoms with Crippen LogP contribution in [0.15, 0.2) is 23.1 Å². The summed E-state index contributed by atoms with van der Waals surface area (Å²) >= 11 is 0. The van der Waals surface area contributed by atoms with Crippen LogP contribution in [0.4, 0.5) is 4.39 Å². The SMILES string of the molecule is CCOc1ccc(S(=O)(=O)N(C)C)c(F)c1. The number of rotatable bonds is 4. The van der Waals surface area contributed by atoms with E-state index < -0.39 is 15.8 Å². The summed E-state index contributed by atoms with van der Waals surface area (Å²) in [6.45, 7) is 2.17. The van der Waals surface area contributed by atoms with Gasteiger partial charge in [-0.3, -0.25) is 0 Å². The third-order valence-corrected chi connectivity index (χ3v) is 3.82. The van der Waals surface area contributed by atoms with Gasteiger partial charge >= 0.3 is 0 Å². The van der Waals surface area contributed by atoms with E-state index in [4.69, 9.17) is 4.74 Å². The molecule has 90 valence electrons. The Balaban J connectivity index is 3.19. The smallest absolute Gasteiger partial charge is 0.245 e. The molecule has 0 aliphatic heterocycles. The predicted molar refractivity (Wildman–Crippen MR) is 58.4 cm³/mol. The second-order valence-electron chi connectivity index (χ2n) is 3.31. The van der Waals surface area contributed by atoms with E-state index in [1.54, 1.807) is 6.92 Å². The summed E-state index contributed by atoms with van der Waals surface area (Å²) in [6, 6.07) is 3.71. The number of benzene rings is 1. The van der Waals surface area contributed by atoms with Crippen molar-refractivity contribution in [1.29, 1.82) is 0 Å². The molecule has 0 N–H and O–H groups in total. The molecule has 4 nitrogen and oxygen atoms in total. The van der Waals surface area contributed by atoms with Gasteiger partial charge in [-0.05, 0) is 19.1 Å². The third kappa shape index (κ3) is 2.51. The van der Waals surface area contributed by atoms with Gasteiger partial charge in [0.2, 0.25) is 10.0 Å². The monoisotopic (exact) mass is 247 g/mol. The van der Waals surface area contributed by atoms with Crippen molar-refractivity contribution < 1.29 is 17.5 Å². The molecule has 1 aromatic carbocycles. The van der Waals surface area contributed by atoms with Gasteiger partial charge < -0.3 is 4.74 Å². The molecule has 16 heavy (non-hydrogen) atoms. The second kappa shape index (κ2) is 4.80. The van der Waals surface area contributed by atoms with Crippen LogP contribution in [0.2, 0.25) is 0 Å². The number of hydrogen-bond acceptors (Lipinski definition) is 3. The zero-order valence-corrected chi connectivity index (χ0v) is 10.2. The number of nitrogens with zero attached hydrogens (tertiary/aromatic N) is 1. The zero-order valence-electron chi connectivity index (χ0n) is 9.40. The molecule has 0 bridgehead atoms. The van der Waals surface area contributed by atoms with Gasteiger partial charge in [0.15, 0.2) is 0 Å². The molecule has 0 fully saturated rings. The quantitative estimate of drug-likeness (QED) is 0.809. The van der Waals surface area contributed by atoms with E-state index in [9.17, 15) is 12.8 Å². The minimum atomic E-state index is -3.74. The molecular weight excluding hydrogens is 233 g/mol. The van der Waals surface area contributed by atoms with Gasteiger partial charge in [0, 0.05) is 20.2 Å². The Kier molecular flexibility index (Phi) is 3.88. The average Bonchev–Trinajstić information content (AvgIpc) is 2.17. The van der Waals surface area contributed by atoms with Crippen LogP contribution in [0, 0.1) is 5.82 Å². The first-order valence-electron chi connectivity index (χ1n) is 4.74. The Bertz CT molecular complexity index is 471. The van der Waals surface area contributed by atoms with Crippen LogP contribution in [-0.2, 0) is 10.0 Å². The van der Waals surface area contributed by atoms with Crippen molar-refractivity contribution in [3.05, 3.63) is 24.0 Å². The second-order valence-corrected chi connectivity index (χ2v) is 5.43. The van der Waals surface area contributed by atoms with Crippen LogP contribution in [-0.4, -0.2) is 33.4 Å². The molecule has 0 spiro atoms. The molecule has 0 unspecified atom stereocenters. The van der Waals surface area contributed by atoms with Crippen LogP contribution < -0.4 is 4.74 Å². The normalized spacial score (nSPS) is 11.8. The maximum absolute atomic E-state index is 13.5. The summed E-state index contributed by atoms with van der Waals surface area (Å²) in [5.41, 5.74) is 0. The van der Waals surface area contributed by atoms with E-state index in [2.05, 4.69) is 0 Å². The van der Waals surface area contributed by atoms with Crippen LogP contribution in [0.25, 0.3) is 0 Å². The number of halogens is 1. The van der Waals surface area contributed by atoms with Gasteiger partial charge in [-0.15, -0.1) is 0 Å². The molecule has 0 heterocycles. The van der Waals surface area contributed by atoms with Crippen molar-refractivity contribution in [2.75, 3.05) is 20.7 Å². The third-order valence-electron chi connectivity index (χ3n) is 1.97. The molecule has 0 atom stereocenters. The van der Waals surface area contributed by atoms with Gasteiger partial charge in [-0.1, -0.05) is 0 Å². The summed E-state index contributed by atoms with van der Waals surface area (Å²) in [4.78, 5) is -0.346. The molecule has 6 heteroatoms. The standard InChI is InChI=1S/C10H14FNO3S/c1-4-15-8-5-6-10(9(11)7-8)16(13,14)12(2)3/h5-7H,4H2,1-3H3. The fourth-order valence-electron chi connectivity index (χ4n) is 1.14. The molecule has 0 aliphatic rings. The van der Waals surface area contributed by atoms with E-state index in [0.717, 1.165) is 10.4 Å². The molecule has 1 rings (SSSR count). The molecule has 0 radical (unpaired) electrons. The fraction of sp³-hybridized carbons (Fsp3) is 0.400. The van der Waals surface area contributed by atoms with E-state index in [1.165, 1.54) is 26.2 Å². The maximum Gasteiger partial charge on any atom is 0.245 e. The van der Waals surface area contributed by atoms with Crippen molar-refractivity contribution >= 4 is 10.0 Å². The molecule has 1 aromatic rings. The summed E-state index contributed by atoms with van der Waals surface area (Å²) < 4.78 is 42.9. The predicted octanol–water partition coefficient (Wildman–Crippen LogP) is 1.47. The first kappa shape index (κ1) is 12.9. The van der Waals surface area contributed by atoms with Crippen LogP contribution >= 0.6 is 0 Å². The Morgan fingerprint density at radius 3 is 2.44 bits per heavy atom. The molecular formula is C10H14FNO3S. The number of sulfonamides is 1. The van der Waals surface area contributed by atoms with Crippen LogP contribution in [0.3, 0.4) is 0 Å². The first-order valence-corrected chi connectivity index (χ1v) is 6.18. The lowest BCUT2D eigenvalue weighted by molar-refractivity contribution is 0.337. The summed E-state index contributed by atoms with van der Waals surface area (Å²) in [5, 5.41) is 0. The summed E-state index contributed by atoms with van der Waals surface area (Å²) in [6.07, 6.45) is 0. The van der Waals surface area contributed by atoms with Gasteiger partial charge in [0.1, 0.15) is 16.5 Å². The summed E-state index contributed by atoms with van der Waals surface area (Å²) in [7, 11) is -1.03. The zero-order chi connectivity index (χ0) is 12.3. The van der Waals surface area contributed by atoms with Crippen molar-refractivity contribution in [2.45, 2.75) is 11.8 Å². The van der Waals surface area contributed by atoms with Crippen molar-refractivity contribution in [1.82, 2.24) is 4.31 Å². The Morgan fingerprint density at radius 2 is 2.00 bits per heavy atom. The highest BCUT2D eigenvalue weighted by Crippen LogP contribution is 2.22. The van der Waals surface area contributed by atoms with Crippen molar-refractivity contribution in [3.63, 3.8) is 0 Å².